The Morgan fingerprint density at radius 2 is 1.67 bits per heavy atom. The Hall–Kier alpha value is -1.91. The molecule has 1 saturated heterocycles. The predicted octanol–water partition coefficient (Wildman–Crippen LogP) is 4.31. The quantitative estimate of drug-likeness (QED) is 0.607. The van der Waals surface area contributed by atoms with Crippen LogP contribution >= 0.6 is 15.9 Å². The molecule has 4 nitrogen and oxygen atoms in total. The summed E-state index contributed by atoms with van der Waals surface area (Å²) in [6.45, 7) is 1.96. The highest BCUT2D eigenvalue weighted by molar-refractivity contribution is 9.10. The van der Waals surface area contributed by atoms with Gasteiger partial charge in [-0.3, -0.25) is 4.90 Å². The van der Waals surface area contributed by atoms with E-state index in [1.165, 1.54) is 6.07 Å². The van der Waals surface area contributed by atoms with Crippen molar-refractivity contribution in [1.29, 1.82) is 0 Å². The summed E-state index contributed by atoms with van der Waals surface area (Å²) in [5, 5.41) is 10.1. The first-order valence-electron chi connectivity index (χ1n) is 9.23. The second-order valence-electron chi connectivity index (χ2n) is 7.00. The van der Waals surface area contributed by atoms with Crippen LogP contribution in [0.2, 0.25) is 0 Å². The third-order valence-corrected chi connectivity index (χ3v) is 5.22. The lowest BCUT2D eigenvalue weighted by Gasteiger charge is -2.37. The Labute approximate surface area is 179 Å². The van der Waals surface area contributed by atoms with Gasteiger partial charge in [0, 0.05) is 42.9 Å². The van der Waals surface area contributed by atoms with Crippen molar-refractivity contribution in [2.45, 2.75) is 12.3 Å². The largest absolute Gasteiger partial charge is 0.485 e. The van der Waals surface area contributed by atoms with Crippen molar-refractivity contribution in [1.82, 2.24) is 4.90 Å². The van der Waals surface area contributed by atoms with Gasteiger partial charge in [0.1, 0.15) is 12.7 Å². The summed E-state index contributed by atoms with van der Waals surface area (Å²) in [4.78, 5) is 3.77. The first-order valence-corrected chi connectivity index (χ1v) is 10.0. The molecule has 0 radical (unpaired) electrons. The topological polar surface area (TPSA) is 35.9 Å². The van der Waals surface area contributed by atoms with Crippen LogP contribution in [0, 0.1) is 11.6 Å². The fourth-order valence-corrected chi connectivity index (χ4v) is 3.67. The Morgan fingerprint density at radius 1 is 1.03 bits per heavy atom. The maximum atomic E-state index is 13.8. The van der Waals surface area contributed by atoms with E-state index in [0.717, 1.165) is 24.3 Å². The first kappa shape index (κ1) is 22.8. The monoisotopic (exact) mass is 494 g/mol. The molecule has 0 aliphatic carbocycles. The van der Waals surface area contributed by atoms with Gasteiger partial charge in [-0.2, -0.15) is 13.2 Å². The molecule has 1 unspecified atom stereocenters. The molecular weight excluding hydrogens is 475 g/mol. The number of hydrogen-bond acceptors (Lipinski definition) is 4. The molecule has 1 fully saturated rings. The molecule has 0 bridgehead atoms. The highest BCUT2D eigenvalue weighted by Crippen LogP contribution is 2.32. The normalized spacial score (nSPS) is 16.6. The highest BCUT2D eigenvalue weighted by atomic mass is 79.9. The molecular formula is C20H20BrF5N2O2. The number of hydrogen-bond donors (Lipinski definition) is 1. The summed E-state index contributed by atoms with van der Waals surface area (Å²) in [6.07, 6.45) is -5.37. The van der Waals surface area contributed by atoms with Crippen molar-refractivity contribution in [2.24, 2.45) is 0 Å². The lowest BCUT2D eigenvalue weighted by atomic mass is 10.1. The molecule has 1 aliphatic rings. The van der Waals surface area contributed by atoms with Crippen LogP contribution in [0.5, 0.6) is 5.75 Å². The lowest BCUT2D eigenvalue weighted by Crippen LogP contribution is -2.49. The molecule has 1 aliphatic heterocycles. The van der Waals surface area contributed by atoms with E-state index in [-0.39, 0.29) is 17.6 Å². The Morgan fingerprint density at radius 3 is 2.27 bits per heavy atom. The molecule has 10 heteroatoms. The molecule has 1 atom stereocenters. The summed E-state index contributed by atoms with van der Waals surface area (Å²) in [6, 6.07) is 7.31. The van der Waals surface area contributed by atoms with Crippen LogP contribution in [0.3, 0.4) is 0 Å². The van der Waals surface area contributed by atoms with E-state index in [4.69, 9.17) is 4.74 Å². The molecule has 0 amide bonds. The summed E-state index contributed by atoms with van der Waals surface area (Å²) in [7, 11) is 0. The van der Waals surface area contributed by atoms with Crippen LogP contribution < -0.4 is 9.64 Å². The summed E-state index contributed by atoms with van der Waals surface area (Å²) >= 11 is 2.98. The van der Waals surface area contributed by atoms with Crippen molar-refractivity contribution in [2.75, 3.05) is 44.2 Å². The molecule has 1 heterocycles. The van der Waals surface area contributed by atoms with Gasteiger partial charge in [-0.15, -0.1) is 0 Å². The number of benzene rings is 2. The molecule has 2 aromatic rings. The van der Waals surface area contributed by atoms with Gasteiger partial charge in [0.2, 0.25) is 0 Å². The van der Waals surface area contributed by atoms with E-state index in [1.54, 1.807) is 6.07 Å². The van der Waals surface area contributed by atoms with Crippen molar-refractivity contribution in [3.05, 3.63) is 58.1 Å². The van der Waals surface area contributed by atoms with Gasteiger partial charge in [-0.1, -0.05) is 22.0 Å². The summed E-state index contributed by atoms with van der Waals surface area (Å²) in [5.41, 5.74) is -0.197. The van der Waals surface area contributed by atoms with Gasteiger partial charge in [0.15, 0.2) is 17.4 Å². The molecule has 0 aromatic heterocycles. The van der Waals surface area contributed by atoms with E-state index in [0.29, 0.717) is 31.9 Å². The van der Waals surface area contributed by atoms with Crippen molar-refractivity contribution >= 4 is 21.6 Å². The fraction of sp³-hybridized carbons (Fsp3) is 0.400. The van der Waals surface area contributed by atoms with E-state index in [9.17, 15) is 27.1 Å². The van der Waals surface area contributed by atoms with Gasteiger partial charge in [0.25, 0.3) is 0 Å². The average Bonchev–Trinajstić information content (AvgIpc) is 2.67. The van der Waals surface area contributed by atoms with Crippen molar-refractivity contribution < 1.29 is 31.8 Å². The Balaban J connectivity index is 1.49. The summed E-state index contributed by atoms with van der Waals surface area (Å²) in [5.74, 6) is -2.29. The number of nitrogens with zero attached hydrogens (tertiary/aromatic N) is 2. The average molecular weight is 495 g/mol. The minimum Gasteiger partial charge on any atom is -0.485 e. The molecule has 3 rings (SSSR count). The van der Waals surface area contributed by atoms with Crippen LogP contribution in [-0.2, 0) is 6.18 Å². The number of anilines is 1. The fourth-order valence-electron chi connectivity index (χ4n) is 3.26. The molecule has 1 N–H and O–H groups in total. The van der Waals surface area contributed by atoms with E-state index in [1.807, 2.05) is 9.80 Å². The zero-order valence-corrected chi connectivity index (χ0v) is 17.4. The number of piperazine rings is 1. The van der Waals surface area contributed by atoms with Crippen LogP contribution in [0.25, 0.3) is 0 Å². The molecule has 30 heavy (non-hydrogen) atoms. The first-order chi connectivity index (χ1) is 14.1. The number of ether oxygens (including phenoxy) is 1. The molecule has 2 aromatic carbocycles. The number of aliphatic hydroxyl groups excluding tert-OH is 1. The third kappa shape index (κ3) is 5.83. The highest BCUT2D eigenvalue weighted by Gasteiger charge is 2.31. The van der Waals surface area contributed by atoms with Crippen molar-refractivity contribution in [3.63, 3.8) is 0 Å². The number of rotatable bonds is 6. The molecule has 164 valence electrons. The van der Waals surface area contributed by atoms with Crippen LogP contribution in [0.4, 0.5) is 27.6 Å². The number of alkyl halides is 3. The van der Waals surface area contributed by atoms with Gasteiger partial charge in [-0.25, -0.2) is 8.78 Å². The molecule has 0 spiro atoms. The summed E-state index contributed by atoms with van der Waals surface area (Å²) < 4.78 is 71.5. The number of aliphatic hydroxyl groups is 1. The lowest BCUT2D eigenvalue weighted by molar-refractivity contribution is -0.137. The van der Waals surface area contributed by atoms with Gasteiger partial charge in [0.05, 0.1) is 5.56 Å². The third-order valence-electron chi connectivity index (χ3n) is 4.76. The van der Waals surface area contributed by atoms with Crippen molar-refractivity contribution in [3.8, 4) is 5.75 Å². The second kappa shape index (κ2) is 9.49. The second-order valence-corrected chi connectivity index (χ2v) is 7.91. The maximum Gasteiger partial charge on any atom is 0.416 e. The number of β-amino-alcohol motifs (C(OH)–C–C–N with tert-alkyl or cyclic N) is 1. The standard InChI is InChI=1S/C20H20BrF5N2O2/c21-14-9-17(22)19(18(23)10-14)30-12-16(29)11-27-4-6-28(7-5-27)15-3-1-2-13(8-15)20(24,25)26/h1-3,8-10,16,29H,4-7,11-12H2. The Bertz CT molecular complexity index is 850. The van der Waals surface area contributed by atoms with Crippen LogP contribution in [0.1, 0.15) is 5.56 Å². The van der Waals surface area contributed by atoms with Gasteiger partial charge >= 0.3 is 6.18 Å². The smallest absolute Gasteiger partial charge is 0.416 e. The molecule has 0 saturated carbocycles. The predicted molar refractivity (Wildman–Crippen MR) is 106 cm³/mol. The SMILES string of the molecule is OC(COc1c(F)cc(Br)cc1F)CN1CCN(c2cccc(C(F)(F)F)c2)CC1. The minimum absolute atomic E-state index is 0.218. The minimum atomic E-state index is -4.39. The van der Waals surface area contributed by atoms with E-state index in [2.05, 4.69) is 15.9 Å². The van der Waals surface area contributed by atoms with Crippen LogP contribution in [0.15, 0.2) is 40.9 Å². The Kier molecular flexibility index (Phi) is 7.20. The van der Waals surface area contributed by atoms with Crippen LogP contribution in [-0.4, -0.2) is 55.4 Å². The van der Waals surface area contributed by atoms with E-state index >= 15 is 0 Å². The van der Waals surface area contributed by atoms with Gasteiger partial charge < -0.3 is 14.7 Å². The van der Waals surface area contributed by atoms with Gasteiger partial charge in [-0.05, 0) is 30.3 Å². The zero-order chi connectivity index (χ0) is 21.9. The zero-order valence-electron chi connectivity index (χ0n) is 15.8. The maximum absolute atomic E-state index is 13.8. The number of halogens is 6. The van der Waals surface area contributed by atoms with E-state index < -0.39 is 35.2 Å².